The molecule has 2 fully saturated rings. The van der Waals surface area contributed by atoms with E-state index in [-0.39, 0.29) is 22.7 Å². The SMILES string of the molecule is CC(NC(=O)c1ccccc1F)=C1C(=O)C[C@@H]2[C@H]1C2(C)C. The molecule has 1 aromatic carbocycles. The average Bonchev–Trinajstić information content (AvgIpc) is 2.78. The van der Waals surface area contributed by atoms with Crippen LogP contribution in [-0.4, -0.2) is 11.7 Å². The molecule has 21 heavy (non-hydrogen) atoms. The van der Waals surface area contributed by atoms with Crippen molar-refractivity contribution < 1.29 is 14.0 Å². The first-order valence-electron chi connectivity index (χ1n) is 7.14. The Bertz CT molecular complexity index is 675. The molecule has 2 saturated carbocycles. The highest BCUT2D eigenvalue weighted by molar-refractivity contribution is 6.03. The summed E-state index contributed by atoms with van der Waals surface area (Å²) in [5.41, 5.74) is 1.41. The van der Waals surface area contributed by atoms with Gasteiger partial charge in [-0.2, -0.15) is 0 Å². The van der Waals surface area contributed by atoms with Crippen LogP contribution in [0.2, 0.25) is 0 Å². The average molecular weight is 287 g/mol. The van der Waals surface area contributed by atoms with E-state index in [1.54, 1.807) is 13.0 Å². The smallest absolute Gasteiger partial charge is 0.258 e. The molecule has 4 heteroatoms. The number of halogens is 1. The number of rotatable bonds is 2. The zero-order valence-electron chi connectivity index (χ0n) is 12.4. The number of allylic oxidation sites excluding steroid dienone is 2. The van der Waals surface area contributed by atoms with Gasteiger partial charge in [-0.3, -0.25) is 9.59 Å². The second-order valence-electron chi connectivity index (χ2n) is 6.51. The zero-order chi connectivity index (χ0) is 15.4. The molecule has 2 aliphatic rings. The number of nitrogens with one attached hydrogen (secondary N) is 1. The highest BCUT2D eigenvalue weighted by Gasteiger charge is 2.65. The monoisotopic (exact) mass is 287 g/mol. The Labute approximate surface area is 123 Å². The van der Waals surface area contributed by atoms with Gasteiger partial charge in [0.25, 0.3) is 5.91 Å². The molecule has 3 rings (SSSR count). The second kappa shape index (κ2) is 4.52. The number of hydrogen-bond donors (Lipinski definition) is 1. The van der Waals surface area contributed by atoms with Crippen LogP contribution >= 0.6 is 0 Å². The van der Waals surface area contributed by atoms with Gasteiger partial charge in [0.1, 0.15) is 5.82 Å². The van der Waals surface area contributed by atoms with Crippen molar-refractivity contribution in [3.05, 3.63) is 46.9 Å². The predicted molar refractivity (Wildman–Crippen MR) is 77.0 cm³/mol. The van der Waals surface area contributed by atoms with E-state index >= 15 is 0 Å². The lowest BCUT2D eigenvalue weighted by molar-refractivity contribution is -0.115. The quantitative estimate of drug-likeness (QED) is 0.850. The van der Waals surface area contributed by atoms with Crippen molar-refractivity contribution in [2.24, 2.45) is 17.3 Å². The number of hydrogen-bond acceptors (Lipinski definition) is 2. The van der Waals surface area contributed by atoms with Gasteiger partial charge in [0, 0.05) is 17.7 Å². The summed E-state index contributed by atoms with van der Waals surface area (Å²) >= 11 is 0. The summed E-state index contributed by atoms with van der Waals surface area (Å²) in [4.78, 5) is 24.2. The van der Waals surface area contributed by atoms with Crippen LogP contribution in [0.4, 0.5) is 4.39 Å². The van der Waals surface area contributed by atoms with Crippen LogP contribution < -0.4 is 5.32 Å². The predicted octanol–water partition coefficient (Wildman–Crippen LogP) is 3.07. The maximum atomic E-state index is 13.6. The van der Waals surface area contributed by atoms with Crippen molar-refractivity contribution in [3.8, 4) is 0 Å². The Morgan fingerprint density at radius 2 is 2.00 bits per heavy atom. The minimum absolute atomic E-state index is 0.00509. The normalized spacial score (nSPS) is 28.1. The van der Waals surface area contributed by atoms with E-state index in [0.717, 1.165) is 5.57 Å². The summed E-state index contributed by atoms with van der Waals surface area (Å²) in [6.45, 7) is 6.00. The van der Waals surface area contributed by atoms with Crippen LogP contribution in [0.3, 0.4) is 0 Å². The lowest BCUT2D eigenvalue weighted by Gasteiger charge is -2.14. The van der Waals surface area contributed by atoms with Gasteiger partial charge in [-0.15, -0.1) is 0 Å². The number of fused-ring (bicyclic) bond motifs is 1. The Morgan fingerprint density at radius 1 is 1.33 bits per heavy atom. The van der Waals surface area contributed by atoms with Crippen LogP contribution in [0.5, 0.6) is 0 Å². The number of benzene rings is 1. The lowest BCUT2D eigenvalue weighted by Crippen LogP contribution is -2.25. The number of ketones is 1. The molecule has 2 aliphatic carbocycles. The molecule has 0 saturated heterocycles. The maximum absolute atomic E-state index is 13.6. The third-order valence-corrected chi connectivity index (χ3v) is 4.89. The fourth-order valence-corrected chi connectivity index (χ4v) is 3.57. The topological polar surface area (TPSA) is 46.2 Å². The van der Waals surface area contributed by atoms with Gasteiger partial charge in [-0.05, 0) is 36.3 Å². The van der Waals surface area contributed by atoms with E-state index in [0.29, 0.717) is 18.0 Å². The first-order chi connectivity index (χ1) is 9.84. The largest absolute Gasteiger partial charge is 0.325 e. The van der Waals surface area contributed by atoms with Gasteiger partial charge >= 0.3 is 0 Å². The molecule has 2 atom stereocenters. The molecule has 0 aromatic heterocycles. The molecule has 0 unspecified atom stereocenters. The molecule has 1 aromatic rings. The zero-order valence-corrected chi connectivity index (χ0v) is 12.4. The molecular weight excluding hydrogens is 269 g/mol. The molecular formula is C17H18FNO2. The van der Waals surface area contributed by atoms with Crippen molar-refractivity contribution in [2.75, 3.05) is 0 Å². The van der Waals surface area contributed by atoms with Crippen molar-refractivity contribution >= 4 is 11.7 Å². The lowest BCUT2D eigenvalue weighted by atomic mass is 9.95. The van der Waals surface area contributed by atoms with E-state index in [9.17, 15) is 14.0 Å². The fourth-order valence-electron chi connectivity index (χ4n) is 3.57. The minimum atomic E-state index is -0.560. The van der Waals surface area contributed by atoms with E-state index in [4.69, 9.17) is 0 Å². The summed E-state index contributed by atoms with van der Waals surface area (Å²) in [5.74, 6) is -0.343. The molecule has 110 valence electrons. The first-order valence-corrected chi connectivity index (χ1v) is 7.14. The summed E-state index contributed by atoms with van der Waals surface area (Å²) < 4.78 is 13.6. The molecule has 1 amide bonds. The molecule has 3 nitrogen and oxygen atoms in total. The number of carbonyl (C=O) groups is 2. The fraction of sp³-hybridized carbons (Fsp3) is 0.412. The summed E-state index contributed by atoms with van der Waals surface area (Å²) in [6.07, 6.45) is 0.555. The molecule has 0 radical (unpaired) electrons. The van der Waals surface area contributed by atoms with Gasteiger partial charge in [0.15, 0.2) is 5.78 Å². The van der Waals surface area contributed by atoms with Gasteiger partial charge in [-0.1, -0.05) is 26.0 Å². The Balaban J connectivity index is 1.85. The van der Waals surface area contributed by atoms with Gasteiger partial charge in [-0.25, -0.2) is 4.39 Å². The van der Waals surface area contributed by atoms with Crippen LogP contribution in [0.15, 0.2) is 35.5 Å². The third-order valence-electron chi connectivity index (χ3n) is 4.89. The van der Waals surface area contributed by atoms with E-state index in [1.165, 1.54) is 18.2 Å². The number of amides is 1. The molecule has 0 heterocycles. The number of carbonyl (C=O) groups excluding carboxylic acids is 2. The third kappa shape index (κ3) is 2.09. The highest BCUT2D eigenvalue weighted by atomic mass is 19.1. The van der Waals surface area contributed by atoms with Crippen molar-refractivity contribution in [2.45, 2.75) is 27.2 Å². The van der Waals surface area contributed by atoms with Crippen LogP contribution in [0.1, 0.15) is 37.6 Å². The maximum Gasteiger partial charge on any atom is 0.258 e. The van der Waals surface area contributed by atoms with Gasteiger partial charge in [0.2, 0.25) is 0 Å². The summed E-state index contributed by atoms with van der Waals surface area (Å²) in [7, 11) is 0. The van der Waals surface area contributed by atoms with Gasteiger partial charge < -0.3 is 5.32 Å². The van der Waals surface area contributed by atoms with Crippen molar-refractivity contribution in [1.82, 2.24) is 5.32 Å². The second-order valence-corrected chi connectivity index (χ2v) is 6.51. The van der Waals surface area contributed by atoms with Gasteiger partial charge in [0.05, 0.1) is 5.56 Å². The molecule has 0 spiro atoms. The van der Waals surface area contributed by atoms with E-state index in [2.05, 4.69) is 19.2 Å². The standard InChI is InChI=1S/C17H18FNO2/c1-9(14-13(20)8-11-15(14)17(11,2)3)19-16(21)10-6-4-5-7-12(10)18/h4-7,11,15H,8H2,1-3H3,(H,19,21)/t11-,15-/m1/s1. The Kier molecular flexibility index (Phi) is 3.01. The van der Waals surface area contributed by atoms with Crippen LogP contribution in [0.25, 0.3) is 0 Å². The molecule has 0 aliphatic heterocycles. The van der Waals surface area contributed by atoms with E-state index in [1.807, 2.05) is 0 Å². The van der Waals surface area contributed by atoms with Crippen molar-refractivity contribution in [1.29, 1.82) is 0 Å². The molecule has 0 bridgehead atoms. The molecule has 1 N–H and O–H groups in total. The summed E-state index contributed by atoms with van der Waals surface area (Å²) in [5, 5.41) is 2.68. The first kappa shape index (κ1) is 14.0. The Hall–Kier alpha value is -1.97. The van der Waals surface area contributed by atoms with Crippen LogP contribution in [-0.2, 0) is 4.79 Å². The highest BCUT2D eigenvalue weighted by Crippen LogP contribution is 2.68. The minimum Gasteiger partial charge on any atom is -0.325 e. The Morgan fingerprint density at radius 3 is 2.62 bits per heavy atom. The number of Topliss-reactive ketones (excluding diaryl/α,β-unsaturated/α-hetero) is 1. The van der Waals surface area contributed by atoms with Crippen molar-refractivity contribution in [3.63, 3.8) is 0 Å². The van der Waals surface area contributed by atoms with E-state index < -0.39 is 11.7 Å². The summed E-state index contributed by atoms with van der Waals surface area (Å²) in [6, 6.07) is 5.83. The van der Waals surface area contributed by atoms with Crippen LogP contribution in [0, 0.1) is 23.1 Å².